The summed E-state index contributed by atoms with van der Waals surface area (Å²) in [6, 6.07) is 21.7. The lowest BCUT2D eigenvalue weighted by Gasteiger charge is -2.34. The van der Waals surface area contributed by atoms with Crippen molar-refractivity contribution in [2.75, 3.05) is 66.7 Å². The van der Waals surface area contributed by atoms with Crippen molar-refractivity contribution in [1.29, 1.82) is 0 Å². The van der Waals surface area contributed by atoms with Crippen LogP contribution in [-0.4, -0.2) is 70.7 Å². The third kappa shape index (κ3) is 4.79. The summed E-state index contributed by atoms with van der Waals surface area (Å²) in [6.45, 7) is 7.72. The van der Waals surface area contributed by atoms with Crippen molar-refractivity contribution in [3.63, 3.8) is 0 Å². The van der Waals surface area contributed by atoms with Gasteiger partial charge in [0.05, 0.1) is 28.6 Å². The Balaban J connectivity index is 1.34. The summed E-state index contributed by atoms with van der Waals surface area (Å²) < 4.78 is 1.61. The largest absolute Gasteiger partial charge is 0.381 e. The molecule has 212 valence electrons. The molecule has 2 aliphatic heterocycles. The van der Waals surface area contributed by atoms with Crippen molar-refractivity contribution in [1.82, 2.24) is 24.4 Å². The fourth-order valence-corrected chi connectivity index (χ4v) is 5.79. The van der Waals surface area contributed by atoms with Gasteiger partial charge in [0, 0.05) is 62.9 Å². The number of piperazine rings is 1. The monoisotopic (exact) mass is 559 g/mol. The first-order valence-corrected chi connectivity index (χ1v) is 14.3. The molecule has 42 heavy (non-hydrogen) atoms. The summed E-state index contributed by atoms with van der Waals surface area (Å²) in [7, 11) is 2.16. The van der Waals surface area contributed by atoms with Gasteiger partial charge in [0.25, 0.3) is 5.56 Å². The molecule has 0 unspecified atom stereocenters. The van der Waals surface area contributed by atoms with Crippen molar-refractivity contribution in [3.05, 3.63) is 95.0 Å². The third-order valence-corrected chi connectivity index (χ3v) is 8.06. The summed E-state index contributed by atoms with van der Waals surface area (Å²) in [5.74, 6) is 1.16. The van der Waals surface area contributed by atoms with Crippen LogP contribution in [0.15, 0.2) is 83.9 Å². The lowest BCUT2D eigenvalue weighted by Crippen LogP contribution is -2.44. The molecule has 1 fully saturated rings. The number of aryl methyl sites for hydroxylation is 1. The minimum atomic E-state index is -0.181. The second-order valence-electron chi connectivity index (χ2n) is 10.8. The molecule has 0 aliphatic carbocycles. The maximum Gasteiger partial charge on any atom is 0.256 e. The number of para-hydroxylation sites is 1. The van der Waals surface area contributed by atoms with Gasteiger partial charge in [0.1, 0.15) is 5.82 Å². The summed E-state index contributed by atoms with van der Waals surface area (Å²) in [5.41, 5.74) is 6.36. The van der Waals surface area contributed by atoms with Crippen LogP contribution < -0.4 is 26.0 Å². The SMILES string of the molecule is Cc1cccc2c1NCCN2c1nc(Nc2ccc(N3CCN(C)CC3)cc2)nc2c1ccc(=O)n2-c1cccnc1. The summed E-state index contributed by atoms with van der Waals surface area (Å²) in [4.78, 5) is 34.5. The fourth-order valence-electron chi connectivity index (χ4n) is 5.79. The smallest absolute Gasteiger partial charge is 0.256 e. The zero-order valence-electron chi connectivity index (χ0n) is 23.8. The Morgan fingerprint density at radius 2 is 1.69 bits per heavy atom. The van der Waals surface area contributed by atoms with Crippen molar-refractivity contribution in [2.45, 2.75) is 6.92 Å². The second-order valence-corrected chi connectivity index (χ2v) is 10.8. The number of benzene rings is 2. The molecule has 0 amide bonds. The normalized spacial score (nSPS) is 15.4. The van der Waals surface area contributed by atoms with Gasteiger partial charge in [-0.2, -0.15) is 9.97 Å². The molecule has 1 saturated heterocycles. The van der Waals surface area contributed by atoms with Crippen LogP contribution in [0.1, 0.15) is 5.56 Å². The molecule has 10 nitrogen and oxygen atoms in total. The van der Waals surface area contributed by atoms with Gasteiger partial charge in [0.15, 0.2) is 5.65 Å². The van der Waals surface area contributed by atoms with Gasteiger partial charge >= 0.3 is 0 Å². The van der Waals surface area contributed by atoms with E-state index in [2.05, 4.69) is 86.8 Å². The number of pyridine rings is 2. The number of nitrogens with one attached hydrogen (secondary N) is 2. The maximum atomic E-state index is 13.3. The number of hydrogen-bond donors (Lipinski definition) is 2. The lowest BCUT2D eigenvalue weighted by atomic mass is 10.1. The van der Waals surface area contributed by atoms with E-state index in [1.165, 1.54) is 11.3 Å². The quantitative estimate of drug-likeness (QED) is 0.322. The van der Waals surface area contributed by atoms with E-state index in [4.69, 9.17) is 9.97 Å². The van der Waals surface area contributed by atoms with Gasteiger partial charge in [-0.3, -0.25) is 14.3 Å². The highest BCUT2D eigenvalue weighted by Gasteiger charge is 2.24. The number of anilines is 6. The Morgan fingerprint density at radius 1 is 0.857 bits per heavy atom. The minimum absolute atomic E-state index is 0.181. The van der Waals surface area contributed by atoms with Crippen LogP contribution in [0.2, 0.25) is 0 Å². The van der Waals surface area contributed by atoms with E-state index in [-0.39, 0.29) is 5.56 Å². The van der Waals surface area contributed by atoms with Crippen molar-refractivity contribution >= 4 is 45.5 Å². The predicted molar refractivity (Wildman–Crippen MR) is 169 cm³/mol. The maximum absolute atomic E-state index is 13.3. The average molecular weight is 560 g/mol. The molecular formula is C32H33N9O. The Kier molecular flexibility index (Phi) is 6.67. The van der Waals surface area contributed by atoms with E-state index in [9.17, 15) is 4.79 Å². The second kappa shape index (κ2) is 10.8. The van der Waals surface area contributed by atoms with E-state index in [0.717, 1.165) is 61.0 Å². The molecule has 5 heterocycles. The first-order valence-electron chi connectivity index (χ1n) is 14.3. The molecule has 2 aromatic carbocycles. The molecule has 0 bridgehead atoms. The fraction of sp³-hybridized carbons (Fsp3) is 0.250. The van der Waals surface area contributed by atoms with E-state index < -0.39 is 0 Å². The third-order valence-electron chi connectivity index (χ3n) is 8.06. The van der Waals surface area contributed by atoms with Crippen LogP contribution in [0.5, 0.6) is 0 Å². The number of hydrogen-bond acceptors (Lipinski definition) is 9. The highest BCUT2D eigenvalue weighted by molar-refractivity contribution is 5.94. The molecule has 2 N–H and O–H groups in total. The topological polar surface area (TPSA) is 94.5 Å². The van der Waals surface area contributed by atoms with Crippen LogP contribution in [0, 0.1) is 6.92 Å². The molecule has 0 atom stereocenters. The van der Waals surface area contributed by atoms with Crippen LogP contribution in [0.25, 0.3) is 16.7 Å². The van der Waals surface area contributed by atoms with Crippen LogP contribution in [0.3, 0.4) is 0 Å². The van der Waals surface area contributed by atoms with Gasteiger partial charge in [-0.25, -0.2) is 0 Å². The summed E-state index contributed by atoms with van der Waals surface area (Å²) in [6.07, 6.45) is 3.37. The van der Waals surface area contributed by atoms with Gasteiger partial charge in [-0.05, 0) is 68.1 Å². The van der Waals surface area contributed by atoms with Crippen molar-refractivity contribution < 1.29 is 0 Å². The molecular weight excluding hydrogens is 526 g/mol. The molecule has 3 aromatic heterocycles. The van der Waals surface area contributed by atoms with Crippen LogP contribution in [-0.2, 0) is 0 Å². The highest BCUT2D eigenvalue weighted by Crippen LogP contribution is 2.39. The zero-order valence-corrected chi connectivity index (χ0v) is 23.8. The number of likely N-dealkylation sites (N-methyl/N-ethyl adjacent to an activating group) is 1. The van der Waals surface area contributed by atoms with Crippen molar-refractivity contribution in [3.8, 4) is 5.69 Å². The molecule has 0 saturated carbocycles. The summed E-state index contributed by atoms with van der Waals surface area (Å²) >= 11 is 0. The number of rotatable bonds is 5. The van der Waals surface area contributed by atoms with Gasteiger partial charge < -0.3 is 25.3 Å². The van der Waals surface area contributed by atoms with E-state index in [1.807, 2.05) is 18.2 Å². The number of aromatic nitrogens is 4. The van der Waals surface area contributed by atoms with E-state index in [0.29, 0.717) is 23.8 Å². The first-order chi connectivity index (χ1) is 20.5. The molecule has 0 spiro atoms. The van der Waals surface area contributed by atoms with Gasteiger partial charge in [-0.1, -0.05) is 12.1 Å². The first kappa shape index (κ1) is 26.0. The standard InChI is InChI=1S/C32H33N9O/c1-22-5-3-7-27-29(22)34-15-16-40(27)30-26-12-13-28(42)41(25-6-4-14-33-21-25)31(26)37-32(36-30)35-23-8-10-24(11-9-23)39-19-17-38(2)18-20-39/h3-14,21,34H,15-20H2,1-2H3,(H,35,36,37). The van der Waals surface area contributed by atoms with Crippen molar-refractivity contribution in [2.24, 2.45) is 0 Å². The molecule has 10 heteroatoms. The Hall–Kier alpha value is -4.96. The molecule has 7 rings (SSSR count). The van der Waals surface area contributed by atoms with Gasteiger partial charge in [-0.15, -0.1) is 0 Å². The highest BCUT2D eigenvalue weighted by atomic mass is 16.1. The lowest BCUT2D eigenvalue weighted by molar-refractivity contribution is 0.313. The average Bonchev–Trinajstić information content (AvgIpc) is 3.02. The van der Waals surface area contributed by atoms with Gasteiger partial charge in [0.2, 0.25) is 5.95 Å². The number of fused-ring (bicyclic) bond motifs is 2. The molecule has 0 radical (unpaired) electrons. The van der Waals surface area contributed by atoms with Crippen LogP contribution in [0.4, 0.5) is 34.5 Å². The molecule has 2 aliphatic rings. The molecule has 5 aromatic rings. The van der Waals surface area contributed by atoms with Crippen LogP contribution >= 0.6 is 0 Å². The van der Waals surface area contributed by atoms with E-state index in [1.54, 1.807) is 23.0 Å². The Morgan fingerprint density at radius 3 is 2.48 bits per heavy atom. The number of nitrogens with zero attached hydrogens (tertiary/aromatic N) is 7. The Bertz CT molecular complexity index is 1800. The zero-order chi connectivity index (χ0) is 28.6. The minimum Gasteiger partial charge on any atom is -0.381 e. The van der Waals surface area contributed by atoms with E-state index >= 15 is 0 Å². The summed E-state index contributed by atoms with van der Waals surface area (Å²) in [5, 5.41) is 7.75. The Labute approximate surface area is 244 Å². The predicted octanol–water partition coefficient (Wildman–Crippen LogP) is 4.54.